The van der Waals surface area contributed by atoms with E-state index in [2.05, 4.69) is 28.5 Å². The third-order valence-corrected chi connectivity index (χ3v) is 4.40. The van der Waals surface area contributed by atoms with E-state index in [1.807, 2.05) is 13.0 Å². The lowest BCUT2D eigenvalue weighted by Gasteiger charge is -2.09. The van der Waals surface area contributed by atoms with Crippen molar-refractivity contribution in [3.05, 3.63) is 31.4 Å². The number of nitrogens with zero attached hydrogens (tertiary/aromatic N) is 2. The van der Waals surface area contributed by atoms with Gasteiger partial charge in [-0.3, -0.25) is 0 Å². The highest BCUT2D eigenvalue weighted by Crippen LogP contribution is 2.26. The first-order valence-corrected chi connectivity index (χ1v) is 6.94. The van der Waals surface area contributed by atoms with Gasteiger partial charge in [0.05, 0.1) is 10.9 Å². The Hall–Kier alpha value is -0.490. The summed E-state index contributed by atoms with van der Waals surface area (Å²) >= 11 is 9.12. The van der Waals surface area contributed by atoms with Gasteiger partial charge in [0.15, 0.2) is 0 Å². The van der Waals surface area contributed by atoms with E-state index >= 15 is 0 Å². The quantitative estimate of drug-likeness (QED) is 0.928. The maximum absolute atomic E-state index is 5.90. The Balaban J connectivity index is 1.91. The molecule has 0 aliphatic rings. The fraction of sp³-hybridized carbons (Fsp3) is 0.400. The normalized spacial score (nSPS) is 12.9. The van der Waals surface area contributed by atoms with E-state index in [4.69, 9.17) is 11.6 Å². The van der Waals surface area contributed by atoms with Gasteiger partial charge in [0.25, 0.3) is 0 Å². The first kappa shape index (κ1) is 12.0. The molecule has 2 heterocycles. The average molecular weight is 274 g/mol. The van der Waals surface area contributed by atoms with Crippen molar-refractivity contribution in [1.82, 2.24) is 15.5 Å². The number of aromatic nitrogens is 2. The summed E-state index contributed by atoms with van der Waals surface area (Å²) < 4.78 is 0.829. The van der Waals surface area contributed by atoms with Crippen LogP contribution in [0.2, 0.25) is 4.34 Å². The maximum Gasteiger partial charge on any atom is 0.131 e. The van der Waals surface area contributed by atoms with Gasteiger partial charge >= 0.3 is 0 Å². The van der Waals surface area contributed by atoms with Gasteiger partial charge in [-0.05, 0) is 26.0 Å². The van der Waals surface area contributed by atoms with Crippen LogP contribution in [-0.4, -0.2) is 10.2 Å². The average Bonchev–Trinajstić information content (AvgIpc) is 2.84. The minimum atomic E-state index is 0.293. The molecular weight excluding hydrogens is 262 g/mol. The van der Waals surface area contributed by atoms with Crippen molar-refractivity contribution in [3.8, 4) is 0 Å². The van der Waals surface area contributed by atoms with Crippen LogP contribution in [0.3, 0.4) is 0 Å². The van der Waals surface area contributed by atoms with Crippen molar-refractivity contribution in [2.75, 3.05) is 0 Å². The minimum absolute atomic E-state index is 0.293. The van der Waals surface area contributed by atoms with Gasteiger partial charge in [-0.2, -0.15) is 0 Å². The number of thiophene rings is 1. The molecule has 86 valence electrons. The maximum atomic E-state index is 5.90. The Morgan fingerprint density at radius 3 is 2.75 bits per heavy atom. The second kappa shape index (κ2) is 5.23. The Labute approximate surface area is 107 Å². The molecule has 0 saturated carbocycles. The van der Waals surface area contributed by atoms with Gasteiger partial charge in [0.1, 0.15) is 10.0 Å². The van der Waals surface area contributed by atoms with E-state index in [0.29, 0.717) is 6.04 Å². The Morgan fingerprint density at radius 2 is 2.19 bits per heavy atom. The topological polar surface area (TPSA) is 37.8 Å². The summed E-state index contributed by atoms with van der Waals surface area (Å²) in [7, 11) is 0. The number of hydrogen-bond acceptors (Lipinski definition) is 5. The third-order valence-electron chi connectivity index (χ3n) is 2.15. The van der Waals surface area contributed by atoms with Crippen molar-refractivity contribution in [1.29, 1.82) is 0 Å². The molecule has 0 bridgehead atoms. The molecule has 1 atom stereocenters. The van der Waals surface area contributed by atoms with Crippen LogP contribution in [0.5, 0.6) is 0 Å². The van der Waals surface area contributed by atoms with Crippen molar-refractivity contribution < 1.29 is 0 Å². The summed E-state index contributed by atoms with van der Waals surface area (Å²) in [6.45, 7) is 4.84. The lowest BCUT2D eigenvalue weighted by molar-refractivity contribution is 0.579. The molecule has 2 rings (SSSR count). The van der Waals surface area contributed by atoms with Crippen molar-refractivity contribution in [3.63, 3.8) is 0 Å². The van der Waals surface area contributed by atoms with E-state index < -0.39 is 0 Å². The molecule has 0 aliphatic carbocycles. The number of hydrogen-bond donors (Lipinski definition) is 1. The summed E-state index contributed by atoms with van der Waals surface area (Å²) in [4.78, 5) is 1.24. The third kappa shape index (κ3) is 3.01. The summed E-state index contributed by atoms with van der Waals surface area (Å²) in [6, 6.07) is 4.27. The number of rotatable bonds is 4. The fourth-order valence-corrected chi connectivity index (χ4v) is 3.06. The fourth-order valence-electron chi connectivity index (χ4n) is 1.31. The van der Waals surface area contributed by atoms with E-state index in [-0.39, 0.29) is 0 Å². The van der Waals surface area contributed by atoms with E-state index in [9.17, 15) is 0 Å². The van der Waals surface area contributed by atoms with Gasteiger partial charge in [-0.15, -0.1) is 32.9 Å². The van der Waals surface area contributed by atoms with Crippen LogP contribution >= 0.6 is 34.3 Å². The molecule has 0 fully saturated rings. The zero-order chi connectivity index (χ0) is 11.5. The lowest BCUT2D eigenvalue weighted by Crippen LogP contribution is -2.16. The molecule has 0 spiro atoms. The second-order valence-electron chi connectivity index (χ2n) is 3.46. The van der Waals surface area contributed by atoms with E-state index in [1.165, 1.54) is 4.88 Å². The first-order chi connectivity index (χ1) is 7.65. The van der Waals surface area contributed by atoms with Crippen LogP contribution in [0, 0.1) is 6.92 Å². The van der Waals surface area contributed by atoms with Crippen LogP contribution in [0.1, 0.15) is 27.9 Å². The van der Waals surface area contributed by atoms with Crippen molar-refractivity contribution in [2.45, 2.75) is 26.4 Å². The summed E-state index contributed by atoms with van der Waals surface area (Å²) in [5.41, 5.74) is 0. The first-order valence-electron chi connectivity index (χ1n) is 4.93. The zero-order valence-corrected chi connectivity index (χ0v) is 11.4. The number of aryl methyl sites for hydroxylation is 1. The number of halogens is 1. The predicted octanol–water partition coefficient (Wildman–Crippen LogP) is 3.41. The van der Waals surface area contributed by atoms with Crippen LogP contribution in [0.4, 0.5) is 0 Å². The van der Waals surface area contributed by atoms with Crippen LogP contribution in [0.25, 0.3) is 0 Å². The highest BCUT2D eigenvalue weighted by atomic mass is 35.5. The molecule has 1 N–H and O–H groups in total. The molecule has 0 radical (unpaired) electrons. The second-order valence-corrected chi connectivity index (χ2v) is 6.47. The molecule has 3 nitrogen and oxygen atoms in total. The molecule has 0 aliphatic heterocycles. The monoisotopic (exact) mass is 273 g/mol. The Morgan fingerprint density at radius 1 is 1.38 bits per heavy atom. The molecule has 16 heavy (non-hydrogen) atoms. The van der Waals surface area contributed by atoms with Crippen molar-refractivity contribution in [2.24, 2.45) is 0 Å². The number of nitrogens with one attached hydrogen (secondary N) is 1. The Kier molecular flexibility index (Phi) is 3.91. The summed E-state index contributed by atoms with van der Waals surface area (Å²) in [5, 5.41) is 13.5. The molecular formula is C10H12ClN3S2. The molecule has 2 aromatic rings. The van der Waals surface area contributed by atoms with Crippen LogP contribution in [0.15, 0.2) is 12.1 Å². The van der Waals surface area contributed by atoms with E-state index in [0.717, 1.165) is 20.9 Å². The molecule has 0 aromatic carbocycles. The largest absolute Gasteiger partial charge is 0.303 e. The van der Waals surface area contributed by atoms with Gasteiger partial charge in [0, 0.05) is 10.9 Å². The molecule has 1 unspecified atom stereocenters. The zero-order valence-electron chi connectivity index (χ0n) is 9.03. The smallest absolute Gasteiger partial charge is 0.131 e. The van der Waals surface area contributed by atoms with Gasteiger partial charge in [-0.1, -0.05) is 11.6 Å². The highest BCUT2D eigenvalue weighted by Gasteiger charge is 2.08. The summed E-state index contributed by atoms with van der Waals surface area (Å²) in [6.07, 6.45) is 0. The van der Waals surface area contributed by atoms with E-state index in [1.54, 1.807) is 22.7 Å². The molecule has 2 aromatic heterocycles. The molecule has 6 heteroatoms. The molecule has 0 saturated heterocycles. The highest BCUT2D eigenvalue weighted by molar-refractivity contribution is 7.16. The van der Waals surface area contributed by atoms with Gasteiger partial charge in [0.2, 0.25) is 0 Å². The summed E-state index contributed by atoms with van der Waals surface area (Å²) in [5.74, 6) is 0. The standard InChI is InChI=1S/C10H12ClN3S2/c1-6(8-3-4-9(11)16-8)12-5-10-14-13-7(2)15-10/h3-4,6,12H,5H2,1-2H3. The SMILES string of the molecule is Cc1nnc(CNC(C)c2ccc(Cl)s2)s1. The van der Waals surface area contributed by atoms with Crippen LogP contribution < -0.4 is 5.32 Å². The molecule has 0 amide bonds. The predicted molar refractivity (Wildman–Crippen MR) is 69.2 cm³/mol. The Bertz CT molecular complexity index is 466. The lowest BCUT2D eigenvalue weighted by atomic mass is 10.3. The van der Waals surface area contributed by atoms with Gasteiger partial charge in [-0.25, -0.2) is 0 Å². The van der Waals surface area contributed by atoms with Crippen molar-refractivity contribution >= 4 is 34.3 Å². The van der Waals surface area contributed by atoms with Crippen LogP contribution in [-0.2, 0) is 6.54 Å². The minimum Gasteiger partial charge on any atom is -0.303 e. The van der Waals surface area contributed by atoms with Gasteiger partial charge < -0.3 is 5.32 Å².